The number of hydrogen-bond acceptors (Lipinski definition) is 4. The molecule has 0 unspecified atom stereocenters. The topological polar surface area (TPSA) is 92.6 Å². The van der Waals surface area contributed by atoms with Crippen LogP contribution in [0.3, 0.4) is 0 Å². The molecule has 0 aliphatic heterocycles. The predicted octanol–water partition coefficient (Wildman–Crippen LogP) is 4.10. The molecule has 1 heterocycles. The maximum absolute atomic E-state index is 12.1. The molecule has 0 fully saturated rings. The molecular weight excluding hydrogens is 531 g/mol. The number of amides is 1. The Hall–Kier alpha value is -2.30. The van der Waals surface area contributed by atoms with E-state index in [1.165, 1.54) is 5.56 Å². The van der Waals surface area contributed by atoms with Crippen molar-refractivity contribution in [1.29, 1.82) is 0 Å². The first-order chi connectivity index (χ1) is 15.1. The number of nitrogens with one attached hydrogen (secondary N) is 3. The van der Waals surface area contributed by atoms with Gasteiger partial charge in [-0.15, -0.1) is 24.0 Å². The van der Waals surface area contributed by atoms with Gasteiger partial charge in [0.1, 0.15) is 11.4 Å². The number of rotatable bonds is 9. The van der Waals surface area contributed by atoms with Crippen LogP contribution in [-0.4, -0.2) is 46.3 Å². The largest absolute Gasteiger partial charge is 0.444 e. The van der Waals surface area contributed by atoms with Crippen LogP contribution in [0.5, 0.6) is 0 Å². The third-order valence-corrected chi connectivity index (χ3v) is 4.68. The highest BCUT2D eigenvalue weighted by molar-refractivity contribution is 14.0. The van der Waals surface area contributed by atoms with Crippen LogP contribution in [-0.2, 0) is 24.2 Å². The van der Waals surface area contributed by atoms with Crippen molar-refractivity contribution in [3.63, 3.8) is 0 Å². The zero-order valence-corrected chi connectivity index (χ0v) is 23.0. The fourth-order valence-corrected chi connectivity index (χ4v) is 3.12. The van der Waals surface area contributed by atoms with Gasteiger partial charge < -0.3 is 25.3 Å². The van der Waals surface area contributed by atoms with E-state index in [0.29, 0.717) is 19.0 Å². The van der Waals surface area contributed by atoms with Crippen LogP contribution in [0.2, 0.25) is 0 Å². The Balaban J connectivity index is 0.00000544. The number of aromatic nitrogens is 2. The first-order valence-electron chi connectivity index (χ1n) is 11.1. The molecule has 3 N–H and O–H groups in total. The third-order valence-electron chi connectivity index (χ3n) is 4.68. The van der Waals surface area contributed by atoms with E-state index in [-0.39, 0.29) is 24.0 Å². The minimum Gasteiger partial charge on any atom is -0.444 e. The molecule has 0 atom stereocenters. The minimum absolute atomic E-state index is 0. The Bertz CT molecular complexity index is 875. The van der Waals surface area contributed by atoms with Crippen LogP contribution in [0.4, 0.5) is 4.79 Å². The van der Waals surface area contributed by atoms with E-state index in [0.717, 1.165) is 25.2 Å². The molecule has 0 saturated carbocycles. The lowest BCUT2D eigenvalue weighted by Crippen LogP contribution is -2.54. The summed E-state index contributed by atoms with van der Waals surface area (Å²) in [6.07, 6.45) is 5.47. The SMILES string of the molecule is CN=C(NCc1nccn1CCCc1ccccc1)NCC(C)(C)NC(=O)OC(C)(C)C.I. The van der Waals surface area contributed by atoms with Gasteiger partial charge in [-0.25, -0.2) is 9.78 Å². The lowest BCUT2D eigenvalue weighted by Gasteiger charge is -2.29. The number of imidazole rings is 1. The molecule has 2 aromatic rings. The number of carbonyl (C=O) groups excluding carboxylic acids is 1. The van der Waals surface area contributed by atoms with Crippen LogP contribution in [0.1, 0.15) is 52.4 Å². The number of guanidine groups is 1. The number of aryl methyl sites for hydroxylation is 2. The Morgan fingerprint density at radius 3 is 2.45 bits per heavy atom. The van der Waals surface area contributed by atoms with Crippen molar-refractivity contribution in [2.24, 2.45) is 4.99 Å². The molecule has 0 aliphatic carbocycles. The van der Waals surface area contributed by atoms with E-state index in [4.69, 9.17) is 4.74 Å². The Morgan fingerprint density at radius 1 is 1.12 bits per heavy atom. The fourth-order valence-electron chi connectivity index (χ4n) is 3.12. The van der Waals surface area contributed by atoms with Crippen LogP contribution < -0.4 is 16.0 Å². The second-order valence-corrected chi connectivity index (χ2v) is 9.42. The molecule has 0 aliphatic rings. The van der Waals surface area contributed by atoms with Gasteiger partial charge in [0.05, 0.1) is 12.1 Å². The van der Waals surface area contributed by atoms with Gasteiger partial charge in [-0.05, 0) is 53.0 Å². The molecule has 33 heavy (non-hydrogen) atoms. The quantitative estimate of drug-likeness (QED) is 0.240. The van der Waals surface area contributed by atoms with E-state index in [2.05, 4.69) is 54.8 Å². The summed E-state index contributed by atoms with van der Waals surface area (Å²) in [4.78, 5) is 20.8. The van der Waals surface area contributed by atoms with Crippen molar-refractivity contribution in [3.05, 3.63) is 54.1 Å². The molecule has 1 aromatic carbocycles. The van der Waals surface area contributed by atoms with Crippen molar-refractivity contribution in [2.45, 2.75) is 71.7 Å². The number of nitrogens with zero attached hydrogens (tertiary/aromatic N) is 3. The molecule has 0 spiro atoms. The summed E-state index contributed by atoms with van der Waals surface area (Å²) in [6, 6.07) is 10.5. The van der Waals surface area contributed by atoms with E-state index in [1.807, 2.05) is 53.1 Å². The number of benzene rings is 1. The monoisotopic (exact) mass is 570 g/mol. The molecule has 9 heteroatoms. The lowest BCUT2D eigenvalue weighted by molar-refractivity contribution is 0.0474. The van der Waals surface area contributed by atoms with Crippen LogP contribution >= 0.6 is 24.0 Å². The van der Waals surface area contributed by atoms with Crippen LogP contribution in [0.25, 0.3) is 0 Å². The summed E-state index contributed by atoms with van der Waals surface area (Å²) in [7, 11) is 1.72. The molecule has 2 rings (SSSR count). The number of carbonyl (C=O) groups is 1. The highest BCUT2D eigenvalue weighted by Gasteiger charge is 2.24. The summed E-state index contributed by atoms with van der Waals surface area (Å²) >= 11 is 0. The van der Waals surface area contributed by atoms with Crippen molar-refractivity contribution >= 4 is 36.0 Å². The first kappa shape index (κ1) is 28.7. The number of ether oxygens (including phenoxy) is 1. The number of alkyl carbamates (subject to hydrolysis) is 1. The molecule has 0 saturated heterocycles. The fraction of sp³-hybridized carbons (Fsp3) is 0.542. The van der Waals surface area contributed by atoms with E-state index >= 15 is 0 Å². The van der Waals surface area contributed by atoms with Gasteiger partial charge in [0, 0.05) is 32.5 Å². The summed E-state index contributed by atoms with van der Waals surface area (Å²) in [5.74, 6) is 1.59. The van der Waals surface area contributed by atoms with Crippen molar-refractivity contribution in [3.8, 4) is 0 Å². The normalized spacial score (nSPS) is 12.0. The molecule has 0 radical (unpaired) electrons. The highest BCUT2D eigenvalue weighted by atomic mass is 127. The summed E-state index contributed by atoms with van der Waals surface area (Å²) < 4.78 is 7.51. The molecule has 184 valence electrons. The average molecular weight is 571 g/mol. The summed E-state index contributed by atoms with van der Waals surface area (Å²) in [6.45, 7) is 11.3. The first-order valence-corrected chi connectivity index (χ1v) is 11.1. The van der Waals surface area contributed by atoms with Crippen LogP contribution in [0.15, 0.2) is 47.7 Å². The molecular formula is C24H39IN6O2. The van der Waals surface area contributed by atoms with Crippen molar-refractivity contribution in [1.82, 2.24) is 25.5 Å². The van der Waals surface area contributed by atoms with Gasteiger partial charge in [-0.1, -0.05) is 30.3 Å². The molecule has 1 aromatic heterocycles. The standard InChI is InChI=1S/C24H38N6O2.HI/c1-23(2,3)32-22(31)29-24(4,5)18-28-21(25-6)27-17-20-26-14-16-30(20)15-10-13-19-11-8-7-9-12-19;/h7-9,11-12,14,16H,10,13,15,17-18H2,1-6H3,(H,29,31)(H2,25,27,28);1H. The van der Waals surface area contributed by atoms with Gasteiger partial charge >= 0.3 is 6.09 Å². The Morgan fingerprint density at radius 2 is 1.82 bits per heavy atom. The Labute approximate surface area is 215 Å². The van der Waals surface area contributed by atoms with E-state index in [9.17, 15) is 4.79 Å². The molecule has 1 amide bonds. The van der Waals surface area contributed by atoms with Crippen molar-refractivity contribution < 1.29 is 9.53 Å². The average Bonchev–Trinajstić information content (AvgIpc) is 3.14. The summed E-state index contributed by atoms with van der Waals surface area (Å²) in [5.41, 5.74) is 0.295. The van der Waals surface area contributed by atoms with Crippen LogP contribution in [0, 0.1) is 0 Å². The van der Waals surface area contributed by atoms with Crippen molar-refractivity contribution in [2.75, 3.05) is 13.6 Å². The Kier molecular flexibility index (Phi) is 11.7. The zero-order chi connectivity index (χ0) is 23.6. The van der Waals surface area contributed by atoms with Gasteiger partial charge in [-0.3, -0.25) is 4.99 Å². The second kappa shape index (κ2) is 13.4. The van der Waals surface area contributed by atoms with Gasteiger partial charge in [0.25, 0.3) is 0 Å². The van der Waals surface area contributed by atoms with Gasteiger partial charge in [-0.2, -0.15) is 0 Å². The lowest BCUT2D eigenvalue weighted by atomic mass is 10.1. The van der Waals surface area contributed by atoms with E-state index in [1.54, 1.807) is 7.05 Å². The number of hydrogen-bond donors (Lipinski definition) is 3. The number of halogens is 1. The summed E-state index contributed by atoms with van der Waals surface area (Å²) in [5, 5.41) is 9.44. The smallest absolute Gasteiger partial charge is 0.408 e. The zero-order valence-electron chi connectivity index (χ0n) is 20.6. The molecule has 0 bridgehead atoms. The third kappa shape index (κ3) is 11.4. The molecule has 8 nitrogen and oxygen atoms in total. The predicted molar refractivity (Wildman–Crippen MR) is 144 cm³/mol. The second-order valence-electron chi connectivity index (χ2n) is 9.42. The maximum atomic E-state index is 12.1. The maximum Gasteiger partial charge on any atom is 0.408 e. The van der Waals surface area contributed by atoms with Gasteiger partial charge in [0.2, 0.25) is 0 Å². The number of aliphatic imine (C=N–C) groups is 1. The minimum atomic E-state index is -0.534. The van der Waals surface area contributed by atoms with Gasteiger partial charge in [0.15, 0.2) is 5.96 Å². The van der Waals surface area contributed by atoms with E-state index < -0.39 is 17.2 Å². The highest BCUT2D eigenvalue weighted by Crippen LogP contribution is 2.09.